The number of aryl methyl sites for hydroxylation is 1. The second-order valence-electron chi connectivity index (χ2n) is 5.32. The lowest BCUT2D eigenvalue weighted by Crippen LogP contribution is -2.45. The number of nitrogens with zero attached hydrogens (tertiary/aromatic N) is 1. The lowest BCUT2D eigenvalue weighted by atomic mass is 10.1. The van der Waals surface area contributed by atoms with E-state index < -0.39 is 0 Å². The summed E-state index contributed by atoms with van der Waals surface area (Å²) >= 11 is 1.47. The molecular formula is C16H19N3OS. The van der Waals surface area contributed by atoms with Crippen molar-refractivity contribution in [3.63, 3.8) is 0 Å². The zero-order chi connectivity index (χ0) is 14.7. The Morgan fingerprint density at radius 3 is 2.90 bits per heavy atom. The van der Waals surface area contributed by atoms with Crippen molar-refractivity contribution < 1.29 is 4.79 Å². The molecular weight excluding hydrogens is 282 g/mol. The Morgan fingerprint density at radius 2 is 2.19 bits per heavy atom. The van der Waals surface area contributed by atoms with Gasteiger partial charge in [0.25, 0.3) is 5.91 Å². The average Bonchev–Trinajstić information content (AvgIpc) is 2.91. The lowest BCUT2D eigenvalue weighted by Gasteiger charge is -2.23. The largest absolute Gasteiger partial charge is 0.347 e. The first-order chi connectivity index (χ1) is 10.2. The van der Waals surface area contributed by atoms with Gasteiger partial charge in [0.15, 0.2) is 0 Å². The van der Waals surface area contributed by atoms with Gasteiger partial charge in [-0.15, -0.1) is 11.3 Å². The van der Waals surface area contributed by atoms with Crippen molar-refractivity contribution in [2.24, 2.45) is 0 Å². The van der Waals surface area contributed by atoms with Gasteiger partial charge in [0.1, 0.15) is 9.88 Å². The summed E-state index contributed by atoms with van der Waals surface area (Å²) in [6.45, 7) is 3.80. The molecule has 1 aliphatic heterocycles. The summed E-state index contributed by atoms with van der Waals surface area (Å²) in [5.74, 6) is 0.000816. The maximum atomic E-state index is 12.4. The highest BCUT2D eigenvalue weighted by molar-refractivity contribution is 7.17. The smallest absolute Gasteiger partial charge is 0.263 e. The molecule has 1 saturated heterocycles. The Morgan fingerprint density at radius 1 is 1.38 bits per heavy atom. The fourth-order valence-corrected chi connectivity index (χ4v) is 3.51. The minimum Gasteiger partial charge on any atom is -0.347 e. The Hall–Kier alpha value is -1.72. The number of piperidine rings is 1. The fraction of sp³-hybridized carbons (Fsp3) is 0.375. The summed E-state index contributed by atoms with van der Waals surface area (Å²) in [5.41, 5.74) is 1.86. The zero-order valence-electron chi connectivity index (χ0n) is 12.1. The van der Waals surface area contributed by atoms with Gasteiger partial charge in [0, 0.05) is 18.2 Å². The van der Waals surface area contributed by atoms with Crippen molar-refractivity contribution >= 4 is 17.2 Å². The molecule has 0 radical (unpaired) electrons. The quantitative estimate of drug-likeness (QED) is 0.916. The van der Waals surface area contributed by atoms with E-state index in [1.165, 1.54) is 11.3 Å². The van der Waals surface area contributed by atoms with E-state index in [1.807, 2.05) is 37.3 Å². The van der Waals surface area contributed by atoms with Crippen molar-refractivity contribution in [1.29, 1.82) is 0 Å². The normalized spacial score (nSPS) is 18.4. The molecule has 0 bridgehead atoms. The summed E-state index contributed by atoms with van der Waals surface area (Å²) in [4.78, 5) is 17.7. The standard InChI is InChI=1S/C16H19N3OS/c1-11-14(15(20)19-13-8-5-9-17-10-13)21-16(18-11)12-6-3-2-4-7-12/h2-4,6-7,13,17H,5,8-10H2,1H3,(H,19,20)/t13-/m0/s1. The van der Waals surface area contributed by atoms with Crippen LogP contribution in [-0.4, -0.2) is 30.0 Å². The molecule has 1 amide bonds. The Kier molecular flexibility index (Phi) is 4.31. The van der Waals surface area contributed by atoms with Gasteiger partial charge in [0.2, 0.25) is 0 Å². The number of hydrogen-bond acceptors (Lipinski definition) is 4. The fourth-order valence-electron chi connectivity index (χ4n) is 2.54. The second kappa shape index (κ2) is 6.37. The van der Waals surface area contributed by atoms with Gasteiger partial charge in [0.05, 0.1) is 5.69 Å². The third-order valence-electron chi connectivity index (χ3n) is 3.66. The van der Waals surface area contributed by atoms with Gasteiger partial charge in [-0.25, -0.2) is 4.98 Å². The van der Waals surface area contributed by atoms with Crippen LogP contribution < -0.4 is 10.6 Å². The Labute approximate surface area is 128 Å². The molecule has 0 spiro atoms. The van der Waals surface area contributed by atoms with E-state index in [1.54, 1.807) is 0 Å². The molecule has 0 saturated carbocycles. The van der Waals surface area contributed by atoms with Crippen molar-refractivity contribution in [2.45, 2.75) is 25.8 Å². The topological polar surface area (TPSA) is 54.0 Å². The van der Waals surface area contributed by atoms with Gasteiger partial charge < -0.3 is 10.6 Å². The number of rotatable bonds is 3. The Balaban J connectivity index is 1.76. The van der Waals surface area contributed by atoms with Crippen LogP contribution >= 0.6 is 11.3 Å². The first-order valence-corrected chi connectivity index (χ1v) is 8.10. The molecule has 5 heteroatoms. The predicted molar refractivity (Wildman–Crippen MR) is 85.6 cm³/mol. The first kappa shape index (κ1) is 14.2. The maximum Gasteiger partial charge on any atom is 0.263 e. The third kappa shape index (κ3) is 3.31. The van der Waals surface area contributed by atoms with Crippen molar-refractivity contribution in [3.05, 3.63) is 40.9 Å². The van der Waals surface area contributed by atoms with E-state index in [2.05, 4.69) is 15.6 Å². The molecule has 0 unspecified atom stereocenters. The average molecular weight is 301 g/mol. The SMILES string of the molecule is Cc1nc(-c2ccccc2)sc1C(=O)N[C@H]1CCCNC1. The van der Waals surface area contributed by atoms with Crippen LogP contribution in [0.2, 0.25) is 0 Å². The van der Waals surface area contributed by atoms with Crippen LogP contribution in [0.1, 0.15) is 28.2 Å². The van der Waals surface area contributed by atoms with Crippen LogP contribution in [0, 0.1) is 6.92 Å². The number of benzene rings is 1. The van der Waals surface area contributed by atoms with Gasteiger partial charge >= 0.3 is 0 Å². The number of hydrogen-bond donors (Lipinski definition) is 2. The van der Waals surface area contributed by atoms with Crippen molar-refractivity contribution in [2.75, 3.05) is 13.1 Å². The van der Waals surface area contributed by atoms with E-state index in [4.69, 9.17) is 0 Å². The van der Waals surface area contributed by atoms with Crippen LogP contribution in [0.4, 0.5) is 0 Å². The molecule has 2 N–H and O–H groups in total. The lowest BCUT2D eigenvalue weighted by molar-refractivity contribution is 0.0934. The van der Waals surface area contributed by atoms with E-state index >= 15 is 0 Å². The molecule has 2 aromatic rings. The minimum absolute atomic E-state index is 0.000816. The van der Waals surface area contributed by atoms with Crippen molar-refractivity contribution in [1.82, 2.24) is 15.6 Å². The minimum atomic E-state index is 0.000816. The van der Waals surface area contributed by atoms with E-state index in [0.29, 0.717) is 0 Å². The van der Waals surface area contributed by atoms with Crippen LogP contribution in [0.15, 0.2) is 30.3 Å². The molecule has 21 heavy (non-hydrogen) atoms. The van der Waals surface area contributed by atoms with E-state index in [0.717, 1.165) is 47.1 Å². The number of amides is 1. The molecule has 1 aromatic heterocycles. The summed E-state index contributed by atoms with van der Waals surface area (Å²) < 4.78 is 0. The molecule has 110 valence electrons. The Bertz CT molecular complexity index is 618. The van der Waals surface area contributed by atoms with Crippen LogP contribution in [0.25, 0.3) is 10.6 Å². The highest BCUT2D eigenvalue weighted by Gasteiger charge is 2.20. The van der Waals surface area contributed by atoms with Gasteiger partial charge in [-0.1, -0.05) is 30.3 Å². The van der Waals surface area contributed by atoms with Crippen LogP contribution in [0.5, 0.6) is 0 Å². The molecule has 0 aliphatic carbocycles. The highest BCUT2D eigenvalue weighted by Crippen LogP contribution is 2.27. The monoisotopic (exact) mass is 301 g/mol. The summed E-state index contributed by atoms with van der Waals surface area (Å²) in [7, 11) is 0. The van der Waals surface area contributed by atoms with E-state index in [-0.39, 0.29) is 11.9 Å². The molecule has 1 aliphatic rings. The maximum absolute atomic E-state index is 12.4. The molecule has 2 heterocycles. The predicted octanol–water partition coefficient (Wildman–Crippen LogP) is 2.60. The molecule has 1 fully saturated rings. The molecule has 4 nitrogen and oxygen atoms in total. The number of carbonyl (C=O) groups excluding carboxylic acids is 1. The number of nitrogens with one attached hydrogen (secondary N) is 2. The summed E-state index contributed by atoms with van der Waals surface area (Å²) in [6, 6.07) is 10.2. The molecule has 1 aromatic carbocycles. The third-order valence-corrected chi connectivity index (χ3v) is 4.86. The second-order valence-corrected chi connectivity index (χ2v) is 6.32. The van der Waals surface area contributed by atoms with Gasteiger partial charge in [-0.3, -0.25) is 4.79 Å². The number of aromatic nitrogens is 1. The number of carbonyl (C=O) groups is 1. The van der Waals surface area contributed by atoms with Crippen molar-refractivity contribution in [3.8, 4) is 10.6 Å². The van der Waals surface area contributed by atoms with Crippen LogP contribution in [0.3, 0.4) is 0 Å². The van der Waals surface area contributed by atoms with E-state index in [9.17, 15) is 4.79 Å². The van der Waals surface area contributed by atoms with Crippen LogP contribution in [-0.2, 0) is 0 Å². The molecule has 1 atom stereocenters. The van der Waals surface area contributed by atoms with Gasteiger partial charge in [-0.2, -0.15) is 0 Å². The zero-order valence-corrected chi connectivity index (χ0v) is 12.9. The number of thiazole rings is 1. The summed E-state index contributed by atoms with van der Waals surface area (Å²) in [6.07, 6.45) is 2.16. The first-order valence-electron chi connectivity index (χ1n) is 7.28. The highest BCUT2D eigenvalue weighted by atomic mass is 32.1. The molecule has 3 rings (SSSR count). The summed E-state index contributed by atoms with van der Waals surface area (Å²) in [5, 5.41) is 7.32. The van der Waals surface area contributed by atoms with Gasteiger partial charge in [-0.05, 0) is 26.3 Å².